The number of halogens is 22. The highest BCUT2D eigenvalue weighted by molar-refractivity contribution is 5.65. The Kier molecular flexibility index (Phi) is 9.04. The van der Waals surface area contributed by atoms with E-state index in [4.69, 9.17) is 0 Å². The molecule has 3 nitrogen and oxygen atoms in total. The summed E-state index contributed by atoms with van der Waals surface area (Å²) in [4.78, 5) is 9.84. The minimum Gasteiger partial charge on any atom is -0.548 e. The average Bonchev–Trinajstić information content (AvgIpc) is 2.69. The number of rotatable bonds is 12. The molecular formula is C14H3F22O3-. The highest BCUT2D eigenvalue weighted by Gasteiger charge is 2.96. The first-order valence-corrected chi connectivity index (χ1v) is 8.24. The van der Waals surface area contributed by atoms with Crippen molar-refractivity contribution in [1.29, 1.82) is 0 Å². The number of carbonyl (C=O) groups excluding carboxylic acids is 1. The van der Waals surface area contributed by atoms with Gasteiger partial charge in [0.2, 0.25) is 0 Å². The molecular weight excluding hydrogens is 634 g/mol. The maximum atomic E-state index is 13.5. The highest BCUT2D eigenvalue weighted by Crippen LogP contribution is 2.65. The molecule has 0 saturated heterocycles. The molecule has 0 unspecified atom stereocenters. The molecule has 0 aromatic rings. The molecule has 0 amide bonds. The van der Waals surface area contributed by atoms with Gasteiger partial charge in [-0.25, -0.2) is 4.39 Å². The Labute approximate surface area is 197 Å². The summed E-state index contributed by atoms with van der Waals surface area (Å²) in [5.74, 6) is -78.7. The minimum atomic E-state index is -9.27. The molecule has 0 aliphatic heterocycles. The Hall–Kier alpha value is -2.37. The maximum absolute atomic E-state index is 13.5. The number of carboxylic acid groups (broad SMARTS) is 1. The van der Waals surface area contributed by atoms with E-state index < -0.39 is 84.1 Å². The lowest BCUT2D eigenvalue weighted by atomic mass is 9.87. The second-order valence-corrected chi connectivity index (χ2v) is 6.81. The number of hydrogen-bond donors (Lipinski definition) is 0. The lowest BCUT2D eigenvalue weighted by Crippen LogP contribution is -2.76. The van der Waals surface area contributed by atoms with Crippen LogP contribution in [0.25, 0.3) is 0 Å². The lowest BCUT2D eigenvalue weighted by molar-refractivity contribution is -0.477. The van der Waals surface area contributed by atoms with Crippen molar-refractivity contribution in [1.82, 2.24) is 0 Å². The molecule has 39 heavy (non-hydrogen) atoms. The van der Waals surface area contributed by atoms with E-state index in [9.17, 15) is 106 Å². The number of carboxylic acids is 1. The first-order valence-electron chi connectivity index (χ1n) is 8.24. The van der Waals surface area contributed by atoms with Crippen LogP contribution >= 0.6 is 0 Å². The van der Waals surface area contributed by atoms with Gasteiger partial charge >= 0.3 is 59.7 Å². The smallest absolute Gasteiger partial charge is 0.426 e. The van der Waals surface area contributed by atoms with Crippen LogP contribution in [0.15, 0.2) is 11.9 Å². The Morgan fingerprint density at radius 2 is 0.821 bits per heavy atom. The molecule has 0 spiro atoms. The Balaban J connectivity index is 7.05. The van der Waals surface area contributed by atoms with Crippen LogP contribution in [-0.2, 0) is 9.53 Å². The molecule has 0 radical (unpaired) electrons. The number of allylic oxidation sites excluding steroid dienone is 2. The van der Waals surface area contributed by atoms with E-state index in [1.54, 1.807) is 0 Å². The molecule has 0 bridgehead atoms. The van der Waals surface area contributed by atoms with Gasteiger partial charge in [0.1, 0.15) is 0 Å². The summed E-state index contributed by atoms with van der Waals surface area (Å²) in [6, 6.07) is 0. The molecule has 0 fully saturated rings. The fourth-order valence-corrected chi connectivity index (χ4v) is 1.99. The van der Waals surface area contributed by atoms with E-state index in [1.807, 2.05) is 0 Å². The van der Waals surface area contributed by atoms with Gasteiger partial charge in [-0.15, -0.1) is 0 Å². The van der Waals surface area contributed by atoms with Crippen molar-refractivity contribution in [3.05, 3.63) is 11.9 Å². The molecule has 25 heteroatoms. The molecule has 0 saturated carbocycles. The molecule has 0 aromatic heterocycles. The lowest BCUT2D eigenvalue weighted by Gasteiger charge is -2.44. The van der Waals surface area contributed by atoms with Crippen molar-refractivity contribution in [3.63, 3.8) is 0 Å². The Morgan fingerprint density at radius 3 is 1.10 bits per heavy atom. The van der Waals surface area contributed by atoms with Crippen molar-refractivity contribution in [2.75, 3.05) is 6.61 Å². The zero-order valence-electron chi connectivity index (χ0n) is 16.8. The summed E-state index contributed by atoms with van der Waals surface area (Å²) in [6.45, 7) is -2.97. The standard InChI is InChI=1S/C14H4F22O3/c15-3(1-5(16,17)18)6(19,20)7(21,22)8(23,24)9(25,26)10(27,28)11(29,30)12(31,32)13(33,34)14(35,36)39-2-4(37)38/h1H,2H2,(H,37,38)/p-1. The SMILES string of the molecule is O=C([O-])COC(F)(F)C(F)(F)C(F)(F)C(F)(F)C(F)(F)C(F)(F)C(F)(F)C(F)(F)C(F)(F)C(F)=CC(F)(F)F. The van der Waals surface area contributed by atoms with Gasteiger partial charge in [-0.1, -0.05) is 0 Å². The second kappa shape index (κ2) is 9.62. The van der Waals surface area contributed by atoms with Crippen molar-refractivity contribution in [2.24, 2.45) is 0 Å². The molecule has 0 N–H and O–H groups in total. The predicted octanol–water partition coefficient (Wildman–Crippen LogP) is 5.84. The third kappa shape index (κ3) is 5.37. The number of alkyl halides is 21. The fraction of sp³-hybridized carbons (Fsp3) is 0.786. The van der Waals surface area contributed by atoms with Crippen molar-refractivity contribution < 1.29 is 111 Å². The van der Waals surface area contributed by atoms with Crippen LogP contribution in [0.1, 0.15) is 0 Å². The number of aliphatic carboxylic acids is 1. The van der Waals surface area contributed by atoms with Gasteiger partial charge in [0.05, 0.1) is 18.7 Å². The van der Waals surface area contributed by atoms with Crippen LogP contribution in [0.5, 0.6) is 0 Å². The summed E-state index contributed by atoms with van der Waals surface area (Å²) in [7, 11) is 0. The molecule has 0 aliphatic carbocycles. The topological polar surface area (TPSA) is 49.4 Å². The minimum absolute atomic E-state index is 2.17. The van der Waals surface area contributed by atoms with Crippen molar-refractivity contribution in [3.8, 4) is 0 Å². The van der Waals surface area contributed by atoms with Crippen molar-refractivity contribution >= 4 is 5.97 Å². The summed E-state index contributed by atoms with van der Waals surface area (Å²) in [5, 5.41) is 9.84. The van der Waals surface area contributed by atoms with Gasteiger partial charge in [0.15, 0.2) is 5.83 Å². The second-order valence-electron chi connectivity index (χ2n) is 6.81. The zero-order valence-corrected chi connectivity index (χ0v) is 16.8. The van der Waals surface area contributed by atoms with Crippen LogP contribution < -0.4 is 5.11 Å². The van der Waals surface area contributed by atoms with Gasteiger partial charge < -0.3 is 14.6 Å². The first kappa shape index (κ1) is 36.6. The molecule has 232 valence electrons. The first-order chi connectivity index (χ1) is 16.5. The summed E-state index contributed by atoms with van der Waals surface area (Å²) < 4.78 is 291. The Bertz CT molecular complexity index is 944. The molecule has 0 rings (SSSR count). The fourth-order valence-electron chi connectivity index (χ4n) is 1.99. The number of carbonyl (C=O) groups is 1. The molecule has 0 aromatic carbocycles. The third-order valence-electron chi connectivity index (χ3n) is 4.09. The zero-order chi connectivity index (χ0) is 32.3. The van der Waals surface area contributed by atoms with Crippen LogP contribution in [0.3, 0.4) is 0 Å². The summed E-state index contributed by atoms with van der Waals surface area (Å²) in [5.41, 5.74) is 0. The van der Waals surface area contributed by atoms with Gasteiger partial charge in [0.25, 0.3) is 0 Å². The summed E-state index contributed by atoms with van der Waals surface area (Å²) >= 11 is 0. The quantitative estimate of drug-likeness (QED) is 0.253. The van der Waals surface area contributed by atoms with Crippen molar-refractivity contribution in [2.45, 2.75) is 59.7 Å². The van der Waals surface area contributed by atoms with Gasteiger partial charge in [-0.05, 0) is 0 Å². The van der Waals surface area contributed by atoms with Gasteiger partial charge in [-0.3, -0.25) is 0 Å². The third-order valence-corrected chi connectivity index (χ3v) is 4.09. The van der Waals surface area contributed by atoms with Crippen LogP contribution in [0.2, 0.25) is 0 Å². The molecule has 0 atom stereocenters. The average molecular weight is 637 g/mol. The predicted molar refractivity (Wildman–Crippen MR) is 70.7 cm³/mol. The van der Waals surface area contributed by atoms with Gasteiger partial charge in [-0.2, -0.15) is 92.2 Å². The van der Waals surface area contributed by atoms with E-state index in [1.165, 1.54) is 0 Å². The van der Waals surface area contributed by atoms with E-state index in [2.05, 4.69) is 4.74 Å². The van der Waals surface area contributed by atoms with E-state index in [0.29, 0.717) is 0 Å². The largest absolute Gasteiger partial charge is 0.548 e. The van der Waals surface area contributed by atoms with Crippen LogP contribution in [0, 0.1) is 0 Å². The van der Waals surface area contributed by atoms with E-state index in [-0.39, 0.29) is 0 Å². The summed E-state index contributed by atoms with van der Waals surface area (Å²) in [6.07, 6.45) is -16.6. The van der Waals surface area contributed by atoms with Crippen LogP contribution in [0.4, 0.5) is 96.6 Å². The van der Waals surface area contributed by atoms with E-state index >= 15 is 0 Å². The maximum Gasteiger partial charge on any atom is 0.426 e. The van der Waals surface area contributed by atoms with E-state index in [0.717, 1.165) is 0 Å². The molecule has 0 heterocycles. The van der Waals surface area contributed by atoms with Gasteiger partial charge in [0, 0.05) is 0 Å². The Morgan fingerprint density at radius 1 is 0.538 bits per heavy atom. The van der Waals surface area contributed by atoms with Crippen LogP contribution in [-0.4, -0.2) is 72.2 Å². The highest BCUT2D eigenvalue weighted by atomic mass is 19.4. The number of hydrogen-bond acceptors (Lipinski definition) is 3. The monoisotopic (exact) mass is 637 g/mol. The number of ether oxygens (including phenoxy) is 1. The molecule has 0 aliphatic rings. The normalized spacial score (nSPS) is 16.5.